The number of carboxylic acid groups (broad SMARTS) is 1. The van der Waals surface area contributed by atoms with Gasteiger partial charge in [0.2, 0.25) is 0 Å². The summed E-state index contributed by atoms with van der Waals surface area (Å²) in [5.74, 6) is 1.23. The minimum absolute atomic E-state index is 0.0189. The molecule has 0 fully saturated rings. The monoisotopic (exact) mass is 208 g/mol. The van der Waals surface area contributed by atoms with Gasteiger partial charge in [0, 0.05) is 11.8 Å². The SMILES string of the molecule is CC(C)(C)C1=C(OC(=O)O)C2C=CC1C2. The Labute approximate surface area is 89.4 Å². The summed E-state index contributed by atoms with van der Waals surface area (Å²) in [6, 6.07) is 0. The molecular formula is C12H16O3. The van der Waals surface area contributed by atoms with Gasteiger partial charge in [-0.3, -0.25) is 0 Å². The highest BCUT2D eigenvalue weighted by atomic mass is 16.7. The zero-order valence-corrected chi connectivity index (χ0v) is 9.28. The Hall–Kier alpha value is -1.25. The van der Waals surface area contributed by atoms with Crippen molar-refractivity contribution in [3.8, 4) is 0 Å². The molecule has 0 amide bonds. The third-order valence-corrected chi connectivity index (χ3v) is 3.06. The van der Waals surface area contributed by atoms with Gasteiger partial charge >= 0.3 is 6.16 Å². The lowest BCUT2D eigenvalue weighted by atomic mass is 9.80. The third kappa shape index (κ3) is 1.66. The molecule has 15 heavy (non-hydrogen) atoms. The van der Waals surface area contributed by atoms with Gasteiger partial charge in [0.1, 0.15) is 5.76 Å². The Morgan fingerprint density at radius 1 is 1.40 bits per heavy atom. The van der Waals surface area contributed by atoms with Gasteiger partial charge in [-0.25, -0.2) is 4.79 Å². The topological polar surface area (TPSA) is 46.5 Å². The van der Waals surface area contributed by atoms with E-state index in [1.54, 1.807) is 0 Å². The molecule has 82 valence electrons. The van der Waals surface area contributed by atoms with E-state index in [1.807, 2.05) is 0 Å². The smallest absolute Gasteiger partial charge is 0.449 e. The maximum atomic E-state index is 10.6. The van der Waals surface area contributed by atoms with Gasteiger partial charge in [0.25, 0.3) is 0 Å². The summed E-state index contributed by atoms with van der Waals surface area (Å²) >= 11 is 0. The number of rotatable bonds is 1. The number of allylic oxidation sites excluding steroid dienone is 3. The van der Waals surface area contributed by atoms with Gasteiger partial charge in [-0.2, -0.15) is 0 Å². The van der Waals surface area contributed by atoms with Crippen molar-refractivity contribution in [1.29, 1.82) is 0 Å². The Morgan fingerprint density at radius 2 is 2.00 bits per heavy atom. The van der Waals surface area contributed by atoms with E-state index >= 15 is 0 Å². The van der Waals surface area contributed by atoms with Gasteiger partial charge in [-0.05, 0) is 17.4 Å². The molecule has 2 aliphatic rings. The fraction of sp³-hybridized carbons (Fsp3) is 0.583. The average Bonchev–Trinajstić information content (AvgIpc) is 2.59. The summed E-state index contributed by atoms with van der Waals surface area (Å²) in [6.07, 6.45) is 4.00. The maximum absolute atomic E-state index is 10.6. The molecule has 3 heteroatoms. The van der Waals surface area contributed by atoms with Gasteiger partial charge in [0.15, 0.2) is 0 Å². The molecule has 0 aromatic carbocycles. The first-order valence-corrected chi connectivity index (χ1v) is 5.23. The van der Waals surface area contributed by atoms with Crippen molar-refractivity contribution in [3.63, 3.8) is 0 Å². The van der Waals surface area contributed by atoms with E-state index in [4.69, 9.17) is 9.84 Å². The number of hydrogen-bond donors (Lipinski definition) is 1. The molecule has 1 N–H and O–H groups in total. The lowest BCUT2D eigenvalue weighted by molar-refractivity contribution is 0.111. The highest BCUT2D eigenvalue weighted by Crippen LogP contribution is 2.50. The zero-order chi connectivity index (χ0) is 11.2. The fourth-order valence-electron chi connectivity index (χ4n) is 2.64. The van der Waals surface area contributed by atoms with E-state index in [-0.39, 0.29) is 11.3 Å². The molecule has 0 saturated carbocycles. The number of fused-ring (bicyclic) bond motifs is 2. The molecule has 2 rings (SSSR count). The summed E-state index contributed by atoms with van der Waals surface area (Å²) in [7, 11) is 0. The molecule has 0 saturated heterocycles. The molecule has 0 aliphatic heterocycles. The first-order valence-electron chi connectivity index (χ1n) is 5.23. The Bertz CT molecular complexity index is 358. The average molecular weight is 208 g/mol. The summed E-state index contributed by atoms with van der Waals surface area (Å²) in [5, 5.41) is 8.71. The van der Waals surface area contributed by atoms with Crippen LogP contribution < -0.4 is 0 Å². The summed E-state index contributed by atoms with van der Waals surface area (Å²) in [4.78, 5) is 10.6. The summed E-state index contributed by atoms with van der Waals surface area (Å²) < 4.78 is 4.93. The minimum atomic E-state index is -1.20. The van der Waals surface area contributed by atoms with Crippen LogP contribution in [-0.2, 0) is 4.74 Å². The second-order valence-corrected chi connectivity index (χ2v) is 5.23. The first-order chi connectivity index (χ1) is 6.89. The van der Waals surface area contributed by atoms with Gasteiger partial charge in [-0.1, -0.05) is 32.9 Å². The van der Waals surface area contributed by atoms with Gasteiger partial charge in [-0.15, -0.1) is 0 Å². The molecule has 0 spiro atoms. The highest BCUT2D eigenvalue weighted by Gasteiger charge is 2.42. The Balaban J connectivity index is 2.36. The first kappa shape index (κ1) is 10.3. The molecule has 0 aromatic rings. The van der Waals surface area contributed by atoms with Crippen molar-refractivity contribution in [3.05, 3.63) is 23.5 Å². The van der Waals surface area contributed by atoms with Crippen LogP contribution in [0, 0.1) is 17.3 Å². The third-order valence-electron chi connectivity index (χ3n) is 3.06. The largest absolute Gasteiger partial charge is 0.511 e. The molecule has 2 unspecified atom stereocenters. The predicted octanol–water partition coefficient (Wildman–Crippen LogP) is 3.19. The van der Waals surface area contributed by atoms with E-state index < -0.39 is 6.16 Å². The molecule has 2 aliphatic carbocycles. The van der Waals surface area contributed by atoms with Crippen LogP contribution in [-0.4, -0.2) is 11.3 Å². The number of carbonyl (C=O) groups is 1. The second-order valence-electron chi connectivity index (χ2n) is 5.23. The van der Waals surface area contributed by atoms with Crippen molar-refractivity contribution in [2.75, 3.05) is 0 Å². The molecule has 0 radical (unpaired) electrons. The summed E-state index contributed by atoms with van der Waals surface area (Å²) in [6.45, 7) is 6.30. The maximum Gasteiger partial charge on any atom is 0.511 e. The number of hydrogen-bond acceptors (Lipinski definition) is 2. The quantitative estimate of drug-likeness (QED) is 0.531. The van der Waals surface area contributed by atoms with Crippen LogP contribution >= 0.6 is 0 Å². The lowest BCUT2D eigenvalue weighted by Gasteiger charge is -2.26. The zero-order valence-electron chi connectivity index (χ0n) is 9.28. The van der Waals surface area contributed by atoms with E-state index in [1.165, 1.54) is 0 Å². The van der Waals surface area contributed by atoms with Crippen LogP contribution in [0.15, 0.2) is 23.5 Å². The molecule has 0 aromatic heterocycles. The van der Waals surface area contributed by atoms with Crippen molar-refractivity contribution >= 4 is 6.16 Å². The van der Waals surface area contributed by atoms with Crippen LogP contribution in [0.25, 0.3) is 0 Å². The van der Waals surface area contributed by atoms with Gasteiger partial charge < -0.3 is 9.84 Å². The molecule has 2 atom stereocenters. The van der Waals surface area contributed by atoms with Crippen LogP contribution in [0.2, 0.25) is 0 Å². The van der Waals surface area contributed by atoms with Crippen molar-refractivity contribution in [1.82, 2.24) is 0 Å². The van der Waals surface area contributed by atoms with Crippen molar-refractivity contribution in [2.45, 2.75) is 27.2 Å². The minimum Gasteiger partial charge on any atom is -0.449 e. The number of ether oxygens (including phenoxy) is 1. The van der Waals surface area contributed by atoms with Crippen LogP contribution in [0.1, 0.15) is 27.2 Å². The molecule has 0 heterocycles. The normalized spacial score (nSPS) is 28.7. The van der Waals surface area contributed by atoms with E-state index in [0.717, 1.165) is 12.0 Å². The highest BCUT2D eigenvalue weighted by molar-refractivity contribution is 5.60. The predicted molar refractivity (Wildman–Crippen MR) is 56.3 cm³/mol. The summed E-state index contributed by atoms with van der Waals surface area (Å²) in [5.41, 5.74) is 1.13. The fourth-order valence-corrected chi connectivity index (χ4v) is 2.64. The van der Waals surface area contributed by atoms with Gasteiger partial charge in [0.05, 0.1) is 0 Å². The molecule has 2 bridgehead atoms. The van der Waals surface area contributed by atoms with Crippen molar-refractivity contribution < 1.29 is 14.6 Å². The van der Waals surface area contributed by atoms with E-state index in [9.17, 15) is 4.79 Å². The van der Waals surface area contributed by atoms with Crippen LogP contribution in [0.5, 0.6) is 0 Å². The van der Waals surface area contributed by atoms with E-state index in [0.29, 0.717) is 11.7 Å². The Kier molecular flexibility index (Phi) is 2.14. The Morgan fingerprint density at radius 3 is 2.53 bits per heavy atom. The van der Waals surface area contributed by atoms with Crippen molar-refractivity contribution in [2.24, 2.45) is 17.3 Å². The lowest BCUT2D eigenvalue weighted by Crippen LogP contribution is -2.18. The van der Waals surface area contributed by atoms with Crippen LogP contribution in [0.3, 0.4) is 0 Å². The molecular weight excluding hydrogens is 192 g/mol. The molecule has 3 nitrogen and oxygen atoms in total. The van der Waals surface area contributed by atoms with E-state index in [2.05, 4.69) is 32.9 Å². The second kappa shape index (κ2) is 3.12. The standard InChI is InChI=1S/C12H16O3/c1-12(2,3)9-7-4-5-8(6-7)10(9)15-11(13)14/h4-5,7-8H,6H2,1-3H3,(H,13,14). The van der Waals surface area contributed by atoms with Crippen LogP contribution in [0.4, 0.5) is 4.79 Å².